The van der Waals surface area contributed by atoms with E-state index in [2.05, 4.69) is 40.0 Å². The summed E-state index contributed by atoms with van der Waals surface area (Å²) in [4.78, 5) is 14.4. The molecule has 3 rings (SSSR count). The predicted molar refractivity (Wildman–Crippen MR) is 92.7 cm³/mol. The van der Waals surface area contributed by atoms with Crippen LogP contribution in [0.1, 0.15) is 32.3 Å². The molecule has 1 aromatic carbocycles. The summed E-state index contributed by atoms with van der Waals surface area (Å²) < 4.78 is 0.668. The van der Waals surface area contributed by atoms with Crippen LogP contribution in [-0.4, -0.2) is 27.7 Å². The summed E-state index contributed by atoms with van der Waals surface area (Å²) in [6, 6.07) is 7.59. The molecule has 1 aromatic rings. The van der Waals surface area contributed by atoms with Gasteiger partial charge in [-0.2, -0.15) is 5.10 Å². The van der Waals surface area contributed by atoms with Crippen molar-refractivity contribution in [2.45, 2.75) is 32.2 Å². The standard InChI is InChI=1S/C16H17BrClN3O/c1-10(2)14-16(15(17)20-19-14,21-9-3-4-13(21)22)11-5-7-12(18)8-6-11/h5-8,10H,3-4,9H2,1-2H3. The minimum Gasteiger partial charge on any atom is -0.322 e. The molecule has 1 fully saturated rings. The highest BCUT2D eigenvalue weighted by molar-refractivity contribution is 9.18. The maximum atomic E-state index is 12.5. The van der Waals surface area contributed by atoms with Gasteiger partial charge in [0.2, 0.25) is 5.91 Å². The van der Waals surface area contributed by atoms with E-state index in [4.69, 9.17) is 11.6 Å². The van der Waals surface area contributed by atoms with Crippen LogP contribution >= 0.6 is 27.5 Å². The SMILES string of the molecule is CC(C)C1=NN=C(Br)C1(c1ccc(Cl)cc1)N1CCCC1=O. The second-order valence-electron chi connectivity index (χ2n) is 5.90. The quantitative estimate of drug-likeness (QED) is 0.780. The Bertz CT molecular complexity index is 668. The minimum absolute atomic E-state index is 0.136. The predicted octanol–water partition coefficient (Wildman–Crippen LogP) is 3.98. The zero-order chi connectivity index (χ0) is 15.9. The van der Waals surface area contributed by atoms with Gasteiger partial charge in [0.05, 0.1) is 5.71 Å². The Morgan fingerprint density at radius 1 is 1.27 bits per heavy atom. The summed E-state index contributed by atoms with van der Waals surface area (Å²) in [5.74, 6) is 0.306. The number of carbonyl (C=O) groups is 1. The van der Waals surface area contributed by atoms with Gasteiger partial charge in [-0.3, -0.25) is 4.79 Å². The van der Waals surface area contributed by atoms with E-state index < -0.39 is 5.54 Å². The second-order valence-corrected chi connectivity index (χ2v) is 7.08. The van der Waals surface area contributed by atoms with Crippen molar-refractivity contribution >= 4 is 43.8 Å². The highest BCUT2D eigenvalue weighted by atomic mass is 79.9. The molecule has 116 valence electrons. The van der Waals surface area contributed by atoms with E-state index in [-0.39, 0.29) is 11.8 Å². The van der Waals surface area contributed by atoms with Crippen LogP contribution in [0.5, 0.6) is 0 Å². The number of halogens is 2. The van der Waals surface area contributed by atoms with Gasteiger partial charge in [-0.15, -0.1) is 5.10 Å². The number of likely N-dealkylation sites (tertiary alicyclic amines) is 1. The summed E-state index contributed by atoms with van der Waals surface area (Å²) in [7, 11) is 0. The summed E-state index contributed by atoms with van der Waals surface area (Å²) >= 11 is 9.61. The van der Waals surface area contributed by atoms with Crippen molar-refractivity contribution < 1.29 is 4.79 Å². The van der Waals surface area contributed by atoms with Crippen molar-refractivity contribution in [2.24, 2.45) is 16.1 Å². The lowest BCUT2D eigenvalue weighted by molar-refractivity contribution is -0.129. The molecule has 2 heterocycles. The lowest BCUT2D eigenvalue weighted by atomic mass is 9.80. The Morgan fingerprint density at radius 2 is 1.95 bits per heavy atom. The maximum Gasteiger partial charge on any atom is 0.224 e. The largest absolute Gasteiger partial charge is 0.322 e. The molecule has 0 spiro atoms. The Labute approximate surface area is 143 Å². The molecule has 0 aromatic heterocycles. The summed E-state index contributed by atoms with van der Waals surface area (Å²) in [6.07, 6.45) is 1.43. The first-order chi connectivity index (χ1) is 10.5. The van der Waals surface area contributed by atoms with Gasteiger partial charge >= 0.3 is 0 Å². The number of amides is 1. The molecule has 0 bridgehead atoms. The molecule has 2 aliphatic rings. The molecule has 1 unspecified atom stereocenters. The van der Waals surface area contributed by atoms with Crippen LogP contribution in [-0.2, 0) is 10.3 Å². The average Bonchev–Trinajstić information content (AvgIpc) is 3.04. The smallest absolute Gasteiger partial charge is 0.224 e. The first-order valence-corrected chi connectivity index (χ1v) is 8.53. The van der Waals surface area contributed by atoms with Gasteiger partial charge in [0.15, 0.2) is 5.54 Å². The molecule has 4 nitrogen and oxygen atoms in total. The molecular weight excluding hydrogens is 366 g/mol. The number of nitrogens with zero attached hydrogens (tertiary/aromatic N) is 3. The third kappa shape index (κ3) is 2.22. The number of hydrogen-bond acceptors (Lipinski definition) is 3. The molecule has 0 aliphatic carbocycles. The van der Waals surface area contributed by atoms with Crippen molar-refractivity contribution in [1.82, 2.24) is 4.90 Å². The Hall–Kier alpha value is -1.20. The number of rotatable bonds is 3. The van der Waals surface area contributed by atoms with Crippen molar-refractivity contribution in [3.05, 3.63) is 34.9 Å². The Morgan fingerprint density at radius 3 is 2.50 bits per heavy atom. The van der Waals surface area contributed by atoms with E-state index in [1.54, 1.807) is 0 Å². The highest BCUT2D eigenvalue weighted by Crippen LogP contribution is 2.42. The minimum atomic E-state index is -0.730. The zero-order valence-electron chi connectivity index (χ0n) is 12.5. The lowest BCUT2D eigenvalue weighted by Crippen LogP contribution is -2.56. The molecular formula is C16H17BrClN3O. The van der Waals surface area contributed by atoms with Crippen LogP contribution < -0.4 is 0 Å². The summed E-state index contributed by atoms with van der Waals surface area (Å²) in [5, 5.41) is 9.31. The maximum absolute atomic E-state index is 12.5. The van der Waals surface area contributed by atoms with E-state index in [0.29, 0.717) is 22.6 Å². The number of carbonyl (C=O) groups excluding carboxylic acids is 1. The number of hydrogen-bond donors (Lipinski definition) is 0. The average molecular weight is 383 g/mol. The van der Waals surface area contributed by atoms with Crippen LogP contribution in [0.15, 0.2) is 34.5 Å². The summed E-state index contributed by atoms with van der Waals surface area (Å²) in [6.45, 7) is 4.86. The van der Waals surface area contributed by atoms with Crippen LogP contribution in [0.3, 0.4) is 0 Å². The third-order valence-electron chi connectivity index (χ3n) is 4.20. The normalized spacial score (nSPS) is 25.0. The van der Waals surface area contributed by atoms with E-state index in [1.165, 1.54) is 0 Å². The van der Waals surface area contributed by atoms with Crippen LogP contribution in [0.2, 0.25) is 5.02 Å². The fourth-order valence-corrected chi connectivity index (χ4v) is 4.10. The van der Waals surface area contributed by atoms with Gasteiger partial charge in [0.1, 0.15) is 4.62 Å². The molecule has 1 amide bonds. The molecule has 0 radical (unpaired) electrons. The van der Waals surface area contributed by atoms with Gasteiger partial charge in [-0.1, -0.05) is 37.6 Å². The van der Waals surface area contributed by atoms with Crippen LogP contribution in [0.25, 0.3) is 0 Å². The molecule has 1 atom stereocenters. The van der Waals surface area contributed by atoms with Gasteiger partial charge in [-0.05, 0) is 46.0 Å². The topological polar surface area (TPSA) is 45.0 Å². The molecule has 2 aliphatic heterocycles. The van der Waals surface area contributed by atoms with Gasteiger partial charge in [0.25, 0.3) is 0 Å². The fourth-order valence-electron chi connectivity index (χ4n) is 3.25. The van der Waals surface area contributed by atoms with Gasteiger partial charge in [-0.25, -0.2) is 0 Å². The van der Waals surface area contributed by atoms with Crippen LogP contribution in [0, 0.1) is 5.92 Å². The van der Waals surface area contributed by atoms with Crippen molar-refractivity contribution in [1.29, 1.82) is 0 Å². The third-order valence-corrected chi connectivity index (χ3v) is 5.19. The first kappa shape index (κ1) is 15.7. The highest BCUT2D eigenvalue weighted by Gasteiger charge is 2.53. The molecule has 0 N–H and O–H groups in total. The van der Waals surface area contributed by atoms with Crippen molar-refractivity contribution in [2.75, 3.05) is 6.54 Å². The first-order valence-electron chi connectivity index (χ1n) is 7.36. The Kier molecular flexibility index (Phi) is 4.12. The molecule has 6 heteroatoms. The summed E-state index contributed by atoms with van der Waals surface area (Å²) in [5.41, 5.74) is 1.12. The van der Waals surface area contributed by atoms with E-state index in [9.17, 15) is 4.79 Å². The zero-order valence-corrected chi connectivity index (χ0v) is 14.9. The monoisotopic (exact) mass is 381 g/mol. The van der Waals surface area contributed by atoms with E-state index in [0.717, 1.165) is 17.7 Å². The number of benzene rings is 1. The van der Waals surface area contributed by atoms with Gasteiger partial charge in [0, 0.05) is 18.0 Å². The molecule has 1 saturated heterocycles. The van der Waals surface area contributed by atoms with Crippen LogP contribution in [0.4, 0.5) is 0 Å². The molecule has 0 saturated carbocycles. The Balaban J connectivity index is 2.22. The van der Waals surface area contributed by atoms with Gasteiger partial charge < -0.3 is 4.90 Å². The van der Waals surface area contributed by atoms with Crippen molar-refractivity contribution in [3.8, 4) is 0 Å². The fraction of sp³-hybridized carbons (Fsp3) is 0.438. The lowest BCUT2D eigenvalue weighted by Gasteiger charge is -2.40. The van der Waals surface area contributed by atoms with Crippen molar-refractivity contribution in [3.63, 3.8) is 0 Å². The second kappa shape index (κ2) is 5.78. The molecule has 22 heavy (non-hydrogen) atoms. The van der Waals surface area contributed by atoms with E-state index in [1.807, 2.05) is 29.2 Å². The van der Waals surface area contributed by atoms with E-state index >= 15 is 0 Å².